The van der Waals surface area contributed by atoms with Gasteiger partial charge in [0, 0.05) is 12.1 Å². The number of sulfonamides is 1. The maximum Gasteiger partial charge on any atom is 0.244 e. The Hall–Kier alpha value is -3.07. The number of anilines is 1. The highest BCUT2D eigenvalue weighted by atomic mass is 32.2. The molecule has 192 valence electrons. The molecule has 8 nitrogen and oxygen atoms in total. The van der Waals surface area contributed by atoms with Gasteiger partial charge in [-0.1, -0.05) is 30.3 Å². The minimum atomic E-state index is -3.77. The molecule has 2 rings (SSSR count). The van der Waals surface area contributed by atoms with Crippen LogP contribution >= 0.6 is 0 Å². The minimum Gasteiger partial charge on any atom is -0.494 e. The van der Waals surface area contributed by atoms with E-state index < -0.39 is 34.1 Å². The fourth-order valence-corrected chi connectivity index (χ4v) is 4.38. The molecular weight excluding hydrogens is 466 g/mol. The van der Waals surface area contributed by atoms with E-state index in [-0.39, 0.29) is 12.5 Å². The lowest BCUT2D eigenvalue weighted by atomic mass is 10.1. The molecule has 2 aromatic rings. The van der Waals surface area contributed by atoms with Crippen molar-refractivity contribution >= 4 is 27.5 Å². The fourth-order valence-electron chi connectivity index (χ4n) is 3.53. The fraction of sp³-hybridized carbons (Fsp3) is 0.462. The van der Waals surface area contributed by atoms with Crippen LogP contribution < -0.4 is 14.4 Å². The molecule has 0 unspecified atom stereocenters. The van der Waals surface area contributed by atoms with Crippen molar-refractivity contribution in [2.45, 2.75) is 52.6 Å². The molecule has 9 heteroatoms. The summed E-state index contributed by atoms with van der Waals surface area (Å²) in [6.07, 6.45) is 1.59. The number of benzene rings is 2. The standard InChI is InChI=1S/C26H37N3O5S/c1-7-34-23-15-13-22(14-16-23)29(35(6,32)33)19-24(30)28(18-17-21-11-9-8-10-12-21)20(2)25(31)27-26(3,4)5/h8-16,20H,7,17-19H2,1-6H3,(H,27,31)/t20-/m1/s1. The van der Waals surface area contributed by atoms with Crippen molar-refractivity contribution in [3.63, 3.8) is 0 Å². The summed E-state index contributed by atoms with van der Waals surface area (Å²) in [5, 5.41) is 2.91. The molecule has 0 saturated carbocycles. The molecular formula is C26H37N3O5S. The lowest BCUT2D eigenvalue weighted by molar-refractivity contribution is -0.139. The second kappa shape index (κ2) is 12.1. The molecule has 0 aromatic heterocycles. The molecule has 0 fully saturated rings. The Morgan fingerprint density at radius 2 is 1.63 bits per heavy atom. The lowest BCUT2D eigenvalue weighted by Gasteiger charge is -2.33. The van der Waals surface area contributed by atoms with Gasteiger partial charge in [0.1, 0.15) is 18.3 Å². The topological polar surface area (TPSA) is 96.0 Å². The molecule has 0 aliphatic heterocycles. The van der Waals surface area contributed by atoms with Crippen LogP contribution in [0.1, 0.15) is 40.2 Å². The molecule has 0 aliphatic carbocycles. The highest BCUT2D eigenvalue weighted by Crippen LogP contribution is 2.22. The van der Waals surface area contributed by atoms with E-state index in [1.807, 2.05) is 58.0 Å². The van der Waals surface area contributed by atoms with Gasteiger partial charge in [0.25, 0.3) is 0 Å². The van der Waals surface area contributed by atoms with Crippen LogP contribution in [-0.4, -0.2) is 62.7 Å². The molecule has 2 aromatic carbocycles. The van der Waals surface area contributed by atoms with Gasteiger partial charge in [-0.15, -0.1) is 0 Å². The molecule has 0 spiro atoms. The van der Waals surface area contributed by atoms with Crippen LogP contribution in [0.25, 0.3) is 0 Å². The molecule has 0 bridgehead atoms. The summed E-state index contributed by atoms with van der Waals surface area (Å²) in [5.41, 5.74) is 0.889. The summed E-state index contributed by atoms with van der Waals surface area (Å²) >= 11 is 0. The van der Waals surface area contributed by atoms with Crippen LogP contribution in [0.4, 0.5) is 5.69 Å². The van der Waals surface area contributed by atoms with Crippen molar-refractivity contribution in [3.05, 3.63) is 60.2 Å². The molecule has 0 radical (unpaired) electrons. The molecule has 0 heterocycles. The van der Waals surface area contributed by atoms with Crippen molar-refractivity contribution in [1.82, 2.24) is 10.2 Å². The number of nitrogens with zero attached hydrogens (tertiary/aromatic N) is 2. The average molecular weight is 504 g/mol. The van der Waals surface area contributed by atoms with E-state index in [0.29, 0.717) is 24.5 Å². The largest absolute Gasteiger partial charge is 0.494 e. The number of amides is 2. The van der Waals surface area contributed by atoms with Gasteiger partial charge in [-0.25, -0.2) is 8.42 Å². The Balaban J connectivity index is 2.31. The lowest BCUT2D eigenvalue weighted by Crippen LogP contribution is -2.55. The molecule has 2 amide bonds. The van der Waals surface area contributed by atoms with E-state index in [0.717, 1.165) is 16.1 Å². The van der Waals surface area contributed by atoms with Gasteiger partial charge in [0.15, 0.2) is 0 Å². The van der Waals surface area contributed by atoms with Crippen molar-refractivity contribution in [2.75, 3.05) is 30.3 Å². The van der Waals surface area contributed by atoms with Gasteiger partial charge in [0.05, 0.1) is 18.6 Å². The zero-order valence-electron chi connectivity index (χ0n) is 21.4. The van der Waals surface area contributed by atoms with Crippen molar-refractivity contribution in [3.8, 4) is 5.75 Å². The van der Waals surface area contributed by atoms with Crippen LogP contribution in [0.3, 0.4) is 0 Å². The van der Waals surface area contributed by atoms with Crippen LogP contribution in [0.15, 0.2) is 54.6 Å². The zero-order chi connectivity index (χ0) is 26.2. The maximum absolute atomic E-state index is 13.5. The van der Waals surface area contributed by atoms with E-state index in [9.17, 15) is 18.0 Å². The monoisotopic (exact) mass is 503 g/mol. The average Bonchev–Trinajstić information content (AvgIpc) is 2.77. The van der Waals surface area contributed by atoms with Crippen LogP contribution in [0.2, 0.25) is 0 Å². The van der Waals surface area contributed by atoms with E-state index in [2.05, 4.69) is 5.32 Å². The number of rotatable bonds is 11. The first-order valence-corrected chi connectivity index (χ1v) is 13.5. The summed E-state index contributed by atoms with van der Waals surface area (Å²) in [5.74, 6) is -0.157. The third-order valence-electron chi connectivity index (χ3n) is 5.26. The van der Waals surface area contributed by atoms with Gasteiger partial charge in [-0.3, -0.25) is 13.9 Å². The molecule has 35 heavy (non-hydrogen) atoms. The molecule has 0 aliphatic rings. The predicted molar refractivity (Wildman–Crippen MR) is 139 cm³/mol. The smallest absolute Gasteiger partial charge is 0.244 e. The number of hydrogen-bond acceptors (Lipinski definition) is 5. The van der Waals surface area contributed by atoms with E-state index >= 15 is 0 Å². The normalized spacial score (nSPS) is 12.5. The van der Waals surface area contributed by atoms with Crippen LogP contribution in [0, 0.1) is 0 Å². The van der Waals surface area contributed by atoms with Gasteiger partial charge in [-0.05, 0) is 70.9 Å². The Morgan fingerprint density at radius 3 is 2.14 bits per heavy atom. The summed E-state index contributed by atoms with van der Waals surface area (Å²) in [7, 11) is -3.77. The third-order valence-corrected chi connectivity index (χ3v) is 6.41. The third kappa shape index (κ3) is 8.90. The van der Waals surface area contributed by atoms with Gasteiger partial charge < -0.3 is 15.0 Å². The SMILES string of the molecule is CCOc1ccc(N(CC(=O)N(CCc2ccccc2)[C@H](C)C(=O)NC(C)(C)C)S(C)(=O)=O)cc1. The summed E-state index contributed by atoms with van der Waals surface area (Å²) < 4.78 is 31.7. The first-order chi connectivity index (χ1) is 16.3. The number of carbonyl (C=O) groups excluding carboxylic acids is 2. The molecule has 1 atom stereocenters. The van der Waals surface area contributed by atoms with Gasteiger partial charge in [-0.2, -0.15) is 0 Å². The Morgan fingerprint density at radius 1 is 1.03 bits per heavy atom. The molecule has 0 saturated heterocycles. The number of hydrogen-bond donors (Lipinski definition) is 1. The Bertz CT molecular complexity index is 1080. The number of carbonyl (C=O) groups is 2. The summed E-state index contributed by atoms with van der Waals surface area (Å²) in [6.45, 7) is 9.44. The summed E-state index contributed by atoms with van der Waals surface area (Å²) in [4.78, 5) is 27.9. The molecule has 1 N–H and O–H groups in total. The van der Waals surface area contributed by atoms with Crippen LogP contribution in [-0.2, 0) is 26.0 Å². The van der Waals surface area contributed by atoms with Crippen LogP contribution in [0.5, 0.6) is 5.75 Å². The highest BCUT2D eigenvalue weighted by molar-refractivity contribution is 7.92. The van der Waals surface area contributed by atoms with Crippen molar-refractivity contribution in [1.29, 1.82) is 0 Å². The van der Waals surface area contributed by atoms with E-state index in [4.69, 9.17) is 4.74 Å². The first-order valence-electron chi connectivity index (χ1n) is 11.7. The van der Waals surface area contributed by atoms with Crippen molar-refractivity contribution in [2.24, 2.45) is 0 Å². The predicted octanol–water partition coefficient (Wildman–Crippen LogP) is 3.23. The minimum absolute atomic E-state index is 0.266. The number of nitrogens with one attached hydrogen (secondary N) is 1. The Labute approximate surface area is 209 Å². The number of ether oxygens (including phenoxy) is 1. The van der Waals surface area contributed by atoms with Gasteiger partial charge >= 0.3 is 0 Å². The second-order valence-electron chi connectivity index (χ2n) is 9.43. The van der Waals surface area contributed by atoms with Gasteiger partial charge in [0.2, 0.25) is 21.8 Å². The zero-order valence-corrected chi connectivity index (χ0v) is 22.3. The maximum atomic E-state index is 13.5. The van der Waals surface area contributed by atoms with E-state index in [1.165, 1.54) is 4.90 Å². The highest BCUT2D eigenvalue weighted by Gasteiger charge is 2.31. The van der Waals surface area contributed by atoms with E-state index in [1.54, 1.807) is 31.2 Å². The van der Waals surface area contributed by atoms with Crippen molar-refractivity contribution < 1.29 is 22.7 Å². The first kappa shape index (κ1) is 28.2. The second-order valence-corrected chi connectivity index (χ2v) is 11.3. The quantitative estimate of drug-likeness (QED) is 0.508. The summed E-state index contributed by atoms with van der Waals surface area (Å²) in [6, 6.07) is 15.4. The Kier molecular flexibility index (Phi) is 9.71.